The highest BCUT2D eigenvalue weighted by Gasteiger charge is 2.09. The lowest BCUT2D eigenvalue weighted by atomic mass is 10.5. The number of carbonyl (C=O) groups is 1. The molecule has 0 unspecified atom stereocenters. The lowest BCUT2D eigenvalue weighted by Gasteiger charge is -2.15. The zero-order valence-corrected chi connectivity index (χ0v) is 8.74. The van der Waals surface area contributed by atoms with Crippen LogP contribution in [0.2, 0.25) is 0 Å². The van der Waals surface area contributed by atoms with Crippen molar-refractivity contribution in [2.24, 2.45) is 4.99 Å². The van der Waals surface area contributed by atoms with Crippen molar-refractivity contribution < 1.29 is 28.8 Å². The summed E-state index contributed by atoms with van der Waals surface area (Å²) in [6.45, 7) is 0.489. The summed E-state index contributed by atoms with van der Waals surface area (Å²) >= 11 is 0. The average Bonchev–Trinajstić information content (AvgIpc) is 2.15. The predicted molar refractivity (Wildman–Crippen MR) is 51.0 cm³/mol. The molecule has 15 heavy (non-hydrogen) atoms. The van der Waals surface area contributed by atoms with Crippen LogP contribution in [0.5, 0.6) is 0 Å². The van der Waals surface area contributed by atoms with Gasteiger partial charge in [-0.3, -0.25) is 9.89 Å². The Balaban J connectivity index is 0.000000336. The largest absolute Gasteiger partial charge is 0.466 e. The molecule has 0 atom stereocenters. The van der Waals surface area contributed by atoms with Gasteiger partial charge in [0.2, 0.25) is 0 Å². The van der Waals surface area contributed by atoms with Crippen LogP contribution in [-0.2, 0) is 9.30 Å². The molecule has 8 nitrogen and oxygen atoms in total. The molecule has 1 rings (SSSR count). The summed E-state index contributed by atoms with van der Waals surface area (Å²) in [7, 11) is -3.29. The maximum atomic E-state index is 10.8. The number of hydrogen-bond acceptors (Lipinski definition) is 4. The van der Waals surface area contributed by atoms with Gasteiger partial charge in [0.05, 0.1) is 13.7 Å². The van der Waals surface area contributed by atoms with Crippen LogP contribution < -0.4 is 0 Å². The number of ether oxygens (including phenoxy) is 1. The molecule has 1 aliphatic heterocycles. The van der Waals surface area contributed by atoms with Crippen molar-refractivity contribution in [2.45, 2.75) is 0 Å². The third kappa shape index (κ3) is 9.10. The standard InChI is InChI=1S/C6H8N2O2.H3O4P/c1-10-6(9)8-4-2-7-3-5-8;1-5(2,3)4/h2-4H,5H2,1H3;(H3,1,2,3,4). The number of nitrogens with zero attached hydrogens (tertiary/aromatic N) is 2. The molecule has 0 bridgehead atoms. The van der Waals surface area contributed by atoms with E-state index < -0.39 is 7.82 Å². The molecule has 0 spiro atoms. The Morgan fingerprint density at radius 3 is 2.40 bits per heavy atom. The molecular formula is C6H11N2O6P. The summed E-state index contributed by atoms with van der Waals surface area (Å²) in [5, 5.41) is 0. The first-order valence-electron chi connectivity index (χ1n) is 3.66. The Bertz CT molecular complexity index is 300. The van der Waals surface area contributed by atoms with Gasteiger partial charge in [0.25, 0.3) is 0 Å². The highest BCUT2D eigenvalue weighted by molar-refractivity contribution is 7.45. The third-order valence-electron chi connectivity index (χ3n) is 1.13. The van der Waals surface area contributed by atoms with Gasteiger partial charge in [-0.15, -0.1) is 0 Å². The second-order valence-corrected chi connectivity index (χ2v) is 3.29. The molecule has 0 fully saturated rings. The fourth-order valence-corrected chi connectivity index (χ4v) is 0.628. The molecule has 1 heterocycles. The lowest BCUT2D eigenvalue weighted by molar-refractivity contribution is 0.144. The topological polar surface area (TPSA) is 120 Å². The van der Waals surface area contributed by atoms with Crippen molar-refractivity contribution in [2.75, 3.05) is 13.7 Å². The van der Waals surface area contributed by atoms with E-state index in [-0.39, 0.29) is 6.09 Å². The molecule has 1 aliphatic rings. The predicted octanol–water partition coefficient (Wildman–Crippen LogP) is -0.318. The van der Waals surface area contributed by atoms with E-state index in [1.165, 1.54) is 12.0 Å². The van der Waals surface area contributed by atoms with Crippen LogP contribution >= 0.6 is 7.82 Å². The number of carbonyl (C=O) groups excluding carboxylic acids is 1. The second kappa shape index (κ2) is 6.31. The molecular weight excluding hydrogens is 227 g/mol. The van der Waals surface area contributed by atoms with Crippen molar-refractivity contribution >= 4 is 20.1 Å². The van der Waals surface area contributed by atoms with Gasteiger partial charge in [0.1, 0.15) is 0 Å². The van der Waals surface area contributed by atoms with Crippen LogP contribution in [0.1, 0.15) is 0 Å². The van der Waals surface area contributed by atoms with Crippen molar-refractivity contribution in [3.63, 3.8) is 0 Å². The number of phosphoric acid groups is 1. The SMILES string of the molecule is COC(=O)N1C=CN=CC1.O=P(O)(O)O. The smallest absolute Gasteiger partial charge is 0.452 e. The Labute approximate surface area is 85.7 Å². The quantitative estimate of drug-likeness (QED) is 0.497. The zero-order chi connectivity index (χ0) is 11.9. The molecule has 0 aromatic heterocycles. The Morgan fingerprint density at radius 1 is 1.53 bits per heavy atom. The molecule has 0 radical (unpaired) electrons. The third-order valence-corrected chi connectivity index (χ3v) is 1.13. The highest BCUT2D eigenvalue weighted by Crippen LogP contribution is 2.25. The van der Waals surface area contributed by atoms with Gasteiger partial charge in [0.15, 0.2) is 0 Å². The molecule has 1 amide bonds. The first kappa shape index (κ1) is 13.8. The van der Waals surface area contributed by atoms with E-state index in [0.717, 1.165) is 0 Å². The normalized spacial score (nSPS) is 14.3. The number of aliphatic imine (C=N–C) groups is 1. The van der Waals surface area contributed by atoms with Gasteiger partial charge in [-0.05, 0) is 0 Å². The minimum absolute atomic E-state index is 0.359. The Kier molecular flexibility index (Phi) is 5.80. The molecule has 0 saturated carbocycles. The van der Waals surface area contributed by atoms with Crippen LogP contribution in [0, 0.1) is 0 Å². The minimum Gasteiger partial charge on any atom is -0.452 e. The van der Waals surface area contributed by atoms with Crippen LogP contribution in [-0.4, -0.2) is 45.5 Å². The maximum Gasteiger partial charge on any atom is 0.466 e. The van der Waals surface area contributed by atoms with Gasteiger partial charge >= 0.3 is 13.9 Å². The van der Waals surface area contributed by atoms with Crippen LogP contribution in [0.15, 0.2) is 17.4 Å². The summed E-state index contributed by atoms with van der Waals surface area (Å²) in [4.78, 5) is 37.5. The van der Waals surface area contributed by atoms with E-state index in [9.17, 15) is 4.79 Å². The summed E-state index contributed by atoms with van der Waals surface area (Å²) in [6.07, 6.45) is 4.39. The summed E-state index contributed by atoms with van der Waals surface area (Å²) in [5.74, 6) is 0. The van der Waals surface area contributed by atoms with Gasteiger partial charge in [0, 0.05) is 18.6 Å². The summed E-state index contributed by atoms with van der Waals surface area (Å²) in [6, 6.07) is 0. The molecule has 86 valence electrons. The van der Waals surface area contributed by atoms with E-state index >= 15 is 0 Å². The summed E-state index contributed by atoms with van der Waals surface area (Å²) in [5.41, 5.74) is 0. The first-order valence-corrected chi connectivity index (χ1v) is 5.22. The average molecular weight is 238 g/mol. The van der Waals surface area contributed by atoms with E-state index in [4.69, 9.17) is 19.2 Å². The van der Waals surface area contributed by atoms with Crippen molar-refractivity contribution in [3.05, 3.63) is 12.4 Å². The van der Waals surface area contributed by atoms with Crippen LogP contribution in [0.4, 0.5) is 4.79 Å². The van der Waals surface area contributed by atoms with Crippen molar-refractivity contribution in [1.29, 1.82) is 0 Å². The van der Waals surface area contributed by atoms with Gasteiger partial charge < -0.3 is 19.4 Å². The first-order chi connectivity index (χ1) is 6.84. The molecule has 0 aliphatic carbocycles. The van der Waals surface area contributed by atoms with E-state index in [2.05, 4.69) is 9.73 Å². The Hall–Kier alpha value is -1.21. The number of rotatable bonds is 0. The molecule has 3 N–H and O–H groups in total. The van der Waals surface area contributed by atoms with Crippen LogP contribution in [0.3, 0.4) is 0 Å². The fraction of sp³-hybridized carbons (Fsp3) is 0.333. The molecule has 9 heteroatoms. The number of methoxy groups -OCH3 is 1. The molecule has 0 saturated heterocycles. The van der Waals surface area contributed by atoms with Crippen molar-refractivity contribution in [1.82, 2.24) is 4.90 Å². The Morgan fingerprint density at radius 2 is 2.07 bits per heavy atom. The van der Waals surface area contributed by atoms with E-state index in [1.54, 1.807) is 18.6 Å². The number of amides is 1. The minimum atomic E-state index is -4.64. The fourth-order valence-electron chi connectivity index (χ4n) is 0.628. The zero-order valence-electron chi connectivity index (χ0n) is 7.85. The molecule has 0 aromatic rings. The van der Waals surface area contributed by atoms with Gasteiger partial charge in [-0.25, -0.2) is 9.36 Å². The van der Waals surface area contributed by atoms with Gasteiger partial charge in [-0.1, -0.05) is 0 Å². The van der Waals surface area contributed by atoms with Crippen LogP contribution in [0.25, 0.3) is 0 Å². The van der Waals surface area contributed by atoms with E-state index in [1.807, 2.05) is 0 Å². The maximum absolute atomic E-state index is 10.8. The van der Waals surface area contributed by atoms with Crippen molar-refractivity contribution in [3.8, 4) is 0 Å². The number of hydrogen-bond donors (Lipinski definition) is 3. The van der Waals surface area contributed by atoms with E-state index in [0.29, 0.717) is 6.54 Å². The van der Waals surface area contributed by atoms with Gasteiger partial charge in [-0.2, -0.15) is 0 Å². The second-order valence-electron chi connectivity index (χ2n) is 2.27. The monoisotopic (exact) mass is 238 g/mol. The lowest BCUT2D eigenvalue weighted by Crippen LogP contribution is -2.28. The summed E-state index contributed by atoms with van der Waals surface area (Å²) < 4.78 is 13.3. The highest BCUT2D eigenvalue weighted by atomic mass is 31.2. The molecule has 0 aromatic carbocycles.